The fraction of sp³-hybridized carbons (Fsp3) is 0.0714. The van der Waals surface area contributed by atoms with Crippen molar-refractivity contribution in [2.24, 2.45) is 0 Å². The highest BCUT2D eigenvalue weighted by Gasteiger charge is 2.20. The first-order valence-electron chi connectivity index (χ1n) is 21.4. The minimum Gasteiger partial charge on any atom is -0.341 e. The van der Waals surface area contributed by atoms with E-state index in [1.165, 1.54) is 43.6 Å². The Morgan fingerprint density at radius 3 is 1.08 bits per heavy atom. The first kappa shape index (κ1) is 37.1. The number of para-hydroxylation sites is 4. The molecule has 298 valence electrons. The fourth-order valence-electron chi connectivity index (χ4n) is 9.39. The number of rotatable bonds is 10. The quantitative estimate of drug-likeness (QED) is 0.138. The smallest absolute Gasteiger partial charge is 0.0965 e. The second-order valence-electron chi connectivity index (χ2n) is 15.6. The maximum Gasteiger partial charge on any atom is 0.0965 e. The molecule has 0 radical (unpaired) electrons. The predicted molar refractivity (Wildman–Crippen MR) is 260 cm³/mol. The summed E-state index contributed by atoms with van der Waals surface area (Å²) in [5, 5.41) is 5.04. The maximum absolute atomic E-state index is 4.91. The van der Waals surface area contributed by atoms with Gasteiger partial charge in [0, 0.05) is 114 Å². The number of hydrogen-bond donors (Lipinski definition) is 0. The summed E-state index contributed by atoms with van der Waals surface area (Å²) in [5.74, 6) is 0. The maximum atomic E-state index is 4.91. The van der Waals surface area contributed by atoms with Gasteiger partial charge in [0.15, 0.2) is 0 Å². The van der Waals surface area contributed by atoms with E-state index in [1.54, 1.807) is 12.4 Å². The Kier molecular flexibility index (Phi) is 9.31. The third-order valence-electron chi connectivity index (χ3n) is 12.2. The lowest BCUT2D eigenvalue weighted by molar-refractivity contribution is 0.827. The van der Waals surface area contributed by atoms with Crippen LogP contribution in [0.4, 0.5) is 34.1 Å². The van der Waals surface area contributed by atoms with E-state index in [-0.39, 0.29) is 0 Å². The normalized spacial score (nSPS) is 11.5. The van der Waals surface area contributed by atoms with Crippen LogP contribution in [0.5, 0.6) is 0 Å². The van der Waals surface area contributed by atoms with Gasteiger partial charge in [0.2, 0.25) is 0 Å². The molecule has 0 bridgehead atoms. The Labute approximate surface area is 361 Å². The molecule has 0 unspecified atom stereocenters. The van der Waals surface area contributed by atoms with E-state index >= 15 is 0 Å². The number of nitrogens with zero attached hydrogens (tertiary/aromatic N) is 6. The van der Waals surface area contributed by atoms with Gasteiger partial charge in [0.1, 0.15) is 0 Å². The van der Waals surface area contributed by atoms with Crippen molar-refractivity contribution in [1.82, 2.24) is 19.1 Å². The summed E-state index contributed by atoms with van der Waals surface area (Å²) in [6, 6.07) is 69.7. The van der Waals surface area contributed by atoms with Crippen molar-refractivity contribution in [1.29, 1.82) is 0 Å². The molecular weight excluding hydrogens is 757 g/mol. The van der Waals surface area contributed by atoms with Gasteiger partial charge < -0.3 is 18.9 Å². The summed E-state index contributed by atoms with van der Waals surface area (Å²) in [7, 11) is 0. The molecule has 0 amide bonds. The number of aryl methyl sites for hydroxylation is 2. The molecule has 0 spiro atoms. The lowest BCUT2D eigenvalue weighted by Gasteiger charge is -2.26. The number of hydrogen-bond acceptors (Lipinski definition) is 4. The van der Waals surface area contributed by atoms with Crippen LogP contribution >= 0.6 is 0 Å². The third-order valence-corrected chi connectivity index (χ3v) is 12.2. The minimum atomic E-state index is 0.838. The van der Waals surface area contributed by atoms with Gasteiger partial charge in [-0.05, 0) is 111 Å². The second kappa shape index (κ2) is 15.6. The second-order valence-corrected chi connectivity index (χ2v) is 15.6. The molecule has 11 rings (SSSR count). The van der Waals surface area contributed by atoms with Crippen LogP contribution in [0, 0.1) is 0 Å². The summed E-state index contributed by atoms with van der Waals surface area (Å²) in [4.78, 5) is 14.5. The minimum absolute atomic E-state index is 0.838. The average Bonchev–Trinajstić information content (AvgIpc) is 3.84. The van der Waals surface area contributed by atoms with E-state index in [0.717, 1.165) is 69.7 Å². The molecule has 0 aliphatic rings. The van der Waals surface area contributed by atoms with Gasteiger partial charge in [-0.1, -0.05) is 97.1 Å². The topological polar surface area (TPSA) is 42.1 Å². The largest absolute Gasteiger partial charge is 0.341 e. The van der Waals surface area contributed by atoms with E-state index in [9.17, 15) is 0 Å². The molecule has 62 heavy (non-hydrogen) atoms. The zero-order chi connectivity index (χ0) is 41.6. The Morgan fingerprint density at radius 1 is 0.339 bits per heavy atom. The number of benzene rings is 8. The van der Waals surface area contributed by atoms with Crippen LogP contribution in [-0.2, 0) is 13.1 Å². The first-order chi connectivity index (χ1) is 30.7. The van der Waals surface area contributed by atoms with Crippen LogP contribution in [0.2, 0.25) is 0 Å². The van der Waals surface area contributed by atoms with Crippen molar-refractivity contribution >= 4 is 77.7 Å². The summed E-state index contributed by atoms with van der Waals surface area (Å²) < 4.78 is 4.80. The standard InChI is InChI=1S/C56H44N6/c1-3-59-51-21-13-11-19-47(51)49-37-45(31-33-53(49)59)61(41-15-7-5-8-16-41)43-27-23-39(24-28-43)55-56(58-36-35-57-55)40-25-29-44(30-26-40)62(42-17-9-6-10-18-42)46-32-34-54-50(38-46)48-20-12-14-22-52(48)60(54)4-2/h5-38H,3-4H2,1-2H3. The molecule has 3 heterocycles. The number of anilines is 6. The SMILES string of the molecule is CCn1c2ccccc2c2cc(N(c3ccccc3)c3ccc(-c4nccnc4-c4ccc(N(c5ccccc5)c5ccc6c(c5)c5ccccc5n6CC)cc4)cc3)ccc21. The van der Waals surface area contributed by atoms with Gasteiger partial charge in [0.25, 0.3) is 0 Å². The molecule has 0 fully saturated rings. The molecule has 0 N–H and O–H groups in total. The molecule has 0 aliphatic heterocycles. The van der Waals surface area contributed by atoms with Crippen LogP contribution in [-0.4, -0.2) is 19.1 Å². The number of fused-ring (bicyclic) bond motifs is 6. The molecular formula is C56H44N6. The predicted octanol–water partition coefficient (Wildman–Crippen LogP) is 15.0. The van der Waals surface area contributed by atoms with E-state index in [2.05, 4.69) is 227 Å². The Hall–Kier alpha value is -7.96. The summed E-state index contributed by atoms with van der Waals surface area (Å²) in [6.45, 7) is 6.25. The van der Waals surface area contributed by atoms with E-state index in [1.807, 2.05) is 0 Å². The Morgan fingerprint density at radius 2 is 0.677 bits per heavy atom. The molecule has 11 aromatic rings. The van der Waals surface area contributed by atoms with Crippen molar-refractivity contribution in [3.05, 3.63) is 207 Å². The summed E-state index contributed by atoms with van der Waals surface area (Å²) in [5.41, 5.74) is 15.2. The lowest BCUT2D eigenvalue weighted by Crippen LogP contribution is -2.10. The molecule has 0 atom stereocenters. The van der Waals surface area contributed by atoms with Crippen molar-refractivity contribution in [3.63, 3.8) is 0 Å². The Balaban J connectivity index is 0.948. The van der Waals surface area contributed by atoms with Crippen molar-refractivity contribution in [2.45, 2.75) is 26.9 Å². The molecule has 3 aromatic heterocycles. The van der Waals surface area contributed by atoms with Crippen LogP contribution < -0.4 is 9.80 Å². The zero-order valence-electron chi connectivity index (χ0n) is 34.7. The van der Waals surface area contributed by atoms with E-state index in [0.29, 0.717) is 0 Å². The lowest BCUT2D eigenvalue weighted by atomic mass is 10.0. The van der Waals surface area contributed by atoms with Crippen LogP contribution in [0.15, 0.2) is 207 Å². The third kappa shape index (κ3) is 6.27. The van der Waals surface area contributed by atoms with Crippen LogP contribution in [0.25, 0.3) is 66.1 Å². The fourth-order valence-corrected chi connectivity index (χ4v) is 9.39. The van der Waals surface area contributed by atoms with Gasteiger partial charge in [0.05, 0.1) is 11.4 Å². The van der Waals surface area contributed by atoms with Crippen LogP contribution in [0.1, 0.15) is 13.8 Å². The molecule has 6 nitrogen and oxygen atoms in total. The number of aromatic nitrogens is 4. The van der Waals surface area contributed by atoms with E-state index < -0.39 is 0 Å². The highest BCUT2D eigenvalue weighted by molar-refractivity contribution is 6.10. The van der Waals surface area contributed by atoms with Gasteiger partial charge in [-0.2, -0.15) is 0 Å². The monoisotopic (exact) mass is 800 g/mol. The van der Waals surface area contributed by atoms with E-state index in [4.69, 9.17) is 9.97 Å². The van der Waals surface area contributed by atoms with Gasteiger partial charge in [-0.25, -0.2) is 0 Å². The molecule has 6 heteroatoms. The van der Waals surface area contributed by atoms with Crippen molar-refractivity contribution in [2.75, 3.05) is 9.80 Å². The Bertz CT molecular complexity index is 3140. The summed E-state index contributed by atoms with van der Waals surface area (Å²) in [6.07, 6.45) is 3.56. The van der Waals surface area contributed by atoms with Crippen LogP contribution in [0.3, 0.4) is 0 Å². The van der Waals surface area contributed by atoms with Crippen molar-refractivity contribution < 1.29 is 0 Å². The molecule has 8 aromatic carbocycles. The zero-order valence-corrected chi connectivity index (χ0v) is 34.7. The molecule has 0 saturated carbocycles. The first-order valence-corrected chi connectivity index (χ1v) is 21.4. The van der Waals surface area contributed by atoms with Gasteiger partial charge in [-0.15, -0.1) is 0 Å². The van der Waals surface area contributed by atoms with Gasteiger partial charge in [-0.3, -0.25) is 9.97 Å². The summed E-state index contributed by atoms with van der Waals surface area (Å²) >= 11 is 0. The highest BCUT2D eigenvalue weighted by atomic mass is 15.1. The van der Waals surface area contributed by atoms with Crippen molar-refractivity contribution in [3.8, 4) is 22.5 Å². The molecule has 0 aliphatic carbocycles. The molecule has 0 saturated heterocycles. The highest BCUT2D eigenvalue weighted by Crippen LogP contribution is 2.42. The van der Waals surface area contributed by atoms with Gasteiger partial charge >= 0.3 is 0 Å². The average molecular weight is 801 g/mol.